The van der Waals surface area contributed by atoms with E-state index in [1.807, 2.05) is 42.5 Å². The normalized spacial score (nSPS) is 11.6. The number of hydrogen-bond acceptors (Lipinski definition) is 2. The van der Waals surface area contributed by atoms with Crippen LogP contribution in [-0.2, 0) is 0 Å². The smallest absolute Gasteiger partial charge is 0.102 e. The van der Waals surface area contributed by atoms with Crippen molar-refractivity contribution >= 4 is 65.4 Å². The summed E-state index contributed by atoms with van der Waals surface area (Å²) in [4.78, 5) is 0. The minimum atomic E-state index is 0.410. The van der Waals surface area contributed by atoms with Gasteiger partial charge in [0, 0.05) is 37.9 Å². The lowest BCUT2D eigenvalue weighted by molar-refractivity contribution is 1.04. The van der Waals surface area contributed by atoms with Gasteiger partial charge in [-0.25, -0.2) is 0 Å². The van der Waals surface area contributed by atoms with Gasteiger partial charge in [0.1, 0.15) is 12.1 Å². The fraction of sp³-hybridized carbons (Fsp3) is 0.0312. The molecule has 3 aromatic heterocycles. The Balaban J connectivity index is 1.31. The summed E-state index contributed by atoms with van der Waals surface area (Å²) >= 11 is 0. The lowest BCUT2D eigenvalue weighted by Crippen LogP contribution is -2.15. The van der Waals surface area contributed by atoms with Gasteiger partial charge in [-0.3, -0.25) is 0 Å². The van der Waals surface area contributed by atoms with E-state index in [0.29, 0.717) is 28.1 Å². The van der Waals surface area contributed by atoms with Crippen LogP contribution in [-0.4, -0.2) is 13.7 Å². The number of nitrogens with zero attached hydrogens (tertiary/aromatic N) is 5. The predicted molar refractivity (Wildman–Crippen MR) is 285 cm³/mol. The van der Waals surface area contributed by atoms with Gasteiger partial charge in [-0.1, -0.05) is 163 Å². The highest BCUT2D eigenvalue weighted by Crippen LogP contribution is 2.49. The summed E-state index contributed by atoms with van der Waals surface area (Å²) in [5.74, 6) is 0. The number of para-hydroxylation sites is 2. The van der Waals surface area contributed by atoms with Crippen LogP contribution in [0.4, 0.5) is 0 Å². The third-order valence-corrected chi connectivity index (χ3v) is 14.0. The van der Waals surface area contributed by atoms with Crippen LogP contribution in [0.25, 0.3) is 116 Å². The second kappa shape index (κ2) is 15.6. The third-order valence-electron chi connectivity index (χ3n) is 14.0. The average molecular weight is 880 g/mol. The predicted octanol–water partition coefficient (Wildman–Crippen LogP) is 16.3. The molecule has 0 aliphatic rings. The van der Waals surface area contributed by atoms with Crippen molar-refractivity contribution in [2.24, 2.45) is 0 Å². The number of benzene rings is 10. The summed E-state index contributed by atoms with van der Waals surface area (Å²) in [5, 5.41) is 30.5. The second-order valence-electron chi connectivity index (χ2n) is 18.0. The Labute approximate surface area is 398 Å². The van der Waals surface area contributed by atoms with Crippen LogP contribution >= 0.6 is 0 Å². The lowest BCUT2D eigenvalue weighted by Gasteiger charge is -2.26. The van der Waals surface area contributed by atoms with Gasteiger partial charge in [0.2, 0.25) is 0 Å². The van der Waals surface area contributed by atoms with Gasteiger partial charge >= 0.3 is 0 Å². The van der Waals surface area contributed by atoms with Gasteiger partial charge in [0.05, 0.1) is 61.3 Å². The molecule has 0 aliphatic heterocycles. The molecule has 5 nitrogen and oxygen atoms in total. The number of fused-ring (bicyclic) bond motifs is 9. The Bertz CT molecular complexity index is 4070. The van der Waals surface area contributed by atoms with Gasteiger partial charge in [-0.2, -0.15) is 10.5 Å². The highest BCUT2D eigenvalue weighted by atomic mass is 15.1. The van der Waals surface area contributed by atoms with Crippen molar-refractivity contribution < 1.29 is 0 Å². The molecular formula is C64H41N5. The van der Waals surface area contributed by atoms with Gasteiger partial charge in [0.25, 0.3) is 0 Å². The minimum absolute atomic E-state index is 0.410. The van der Waals surface area contributed by atoms with Crippen molar-refractivity contribution in [3.05, 3.63) is 235 Å². The minimum Gasteiger partial charge on any atom is -0.306 e. The molecule has 13 rings (SSSR count). The molecular weight excluding hydrogens is 839 g/mol. The summed E-state index contributed by atoms with van der Waals surface area (Å²) < 4.78 is 6.93. The highest BCUT2D eigenvalue weighted by Gasteiger charge is 2.33. The first kappa shape index (κ1) is 39.9. The van der Waals surface area contributed by atoms with E-state index < -0.39 is 0 Å². The maximum absolute atomic E-state index is 12.1. The largest absolute Gasteiger partial charge is 0.306 e. The molecule has 0 saturated heterocycles. The van der Waals surface area contributed by atoms with Crippen LogP contribution in [0.2, 0.25) is 0 Å². The Kier molecular flexibility index (Phi) is 9.02. The van der Waals surface area contributed by atoms with E-state index in [1.54, 1.807) is 0 Å². The molecule has 3 heterocycles. The first-order chi connectivity index (χ1) is 34.0. The molecule has 5 heteroatoms. The Morgan fingerprint density at radius 3 is 1.04 bits per heavy atom. The topological polar surface area (TPSA) is 62.4 Å². The molecule has 13 aromatic rings. The standard InChI is InChI=1S/C64H41N5/c1-40-26-30-57-49(34-40)51-36-45(42-16-6-3-7-17-42)28-32-59(51)67(57)62-53(38-65)61(44-20-10-5-11-21-44)54(39-66)63(64(62)69-55-24-14-12-22-47(55)48-23-13-15-25-56(48)69)68-58-31-27-41(2)35-50(58)52-37-46(29-33-60(52)68)43-18-8-4-9-19-43/h3-37H,1-2H3. The Morgan fingerprint density at radius 2 is 0.623 bits per heavy atom. The zero-order valence-corrected chi connectivity index (χ0v) is 37.9. The zero-order valence-electron chi connectivity index (χ0n) is 37.9. The molecule has 0 N–H and O–H groups in total. The van der Waals surface area contributed by atoms with Crippen LogP contribution in [0.3, 0.4) is 0 Å². The van der Waals surface area contributed by atoms with Crippen LogP contribution in [0.15, 0.2) is 212 Å². The summed E-state index contributed by atoms with van der Waals surface area (Å²) in [5.41, 5.74) is 16.8. The monoisotopic (exact) mass is 879 g/mol. The van der Waals surface area contributed by atoms with Crippen molar-refractivity contribution in [3.8, 4) is 62.6 Å². The van der Waals surface area contributed by atoms with E-state index in [9.17, 15) is 10.5 Å². The van der Waals surface area contributed by atoms with E-state index >= 15 is 0 Å². The number of hydrogen-bond donors (Lipinski definition) is 0. The van der Waals surface area contributed by atoms with Crippen LogP contribution in [0, 0.1) is 36.5 Å². The van der Waals surface area contributed by atoms with Crippen molar-refractivity contribution in [2.45, 2.75) is 13.8 Å². The molecule has 0 aliphatic carbocycles. The van der Waals surface area contributed by atoms with E-state index in [2.05, 4.69) is 210 Å². The fourth-order valence-electron chi connectivity index (χ4n) is 11.0. The molecule has 0 atom stereocenters. The van der Waals surface area contributed by atoms with Gasteiger partial charge < -0.3 is 13.7 Å². The summed E-state index contributed by atoms with van der Waals surface area (Å²) in [6, 6.07) is 80.1. The van der Waals surface area contributed by atoms with E-state index in [1.165, 1.54) is 0 Å². The van der Waals surface area contributed by atoms with E-state index in [-0.39, 0.29) is 0 Å². The zero-order chi connectivity index (χ0) is 46.3. The maximum atomic E-state index is 12.1. The Morgan fingerprint density at radius 1 is 0.290 bits per heavy atom. The number of aromatic nitrogens is 3. The molecule has 0 radical (unpaired) electrons. The quantitative estimate of drug-likeness (QED) is 0.167. The average Bonchev–Trinajstić information content (AvgIpc) is 4.02. The first-order valence-electron chi connectivity index (χ1n) is 23.3. The Hall–Kier alpha value is -9.42. The molecule has 322 valence electrons. The molecule has 10 aromatic carbocycles. The van der Waals surface area contributed by atoms with Gasteiger partial charge in [-0.15, -0.1) is 0 Å². The number of aryl methyl sites for hydroxylation is 2. The van der Waals surface area contributed by atoms with Crippen molar-refractivity contribution in [2.75, 3.05) is 0 Å². The SMILES string of the molecule is Cc1ccc2c(c1)c1cc(-c3ccccc3)ccc1n2-c1c(C#N)c(-c2ccccc2)c(C#N)c(-n2c3ccc(C)cc3c3cc(-c4ccccc4)ccc32)c1-n1c2ccccc2c2ccccc21. The summed E-state index contributed by atoms with van der Waals surface area (Å²) in [6.07, 6.45) is 0. The van der Waals surface area contributed by atoms with Crippen molar-refractivity contribution in [1.29, 1.82) is 10.5 Å². The summed E-state index contributed by atoms with van der Waals surface area (Å²) in [7, 11) is 0. The molecule has 69 heavy (non-hydrogen) atoms. The molecule has 0 spiro atoms. The fourth-order valence-corrected chi connectivity index (χ4v) is 11.0. The van der Waals surface area contributed by atoms with Crippen LogP contribution in [0.5, 0.6) is 0 Å². The van der Waals surface area contributed by atoms with Crippen LogP contribution in [0.1, 0.15) is 22.3 Å². The van der Waals surface area contributed by atoms with Crippen molar-refractivity contribution in [3.63, 3.8) is 0 Å². The molecule has 0 saturated carbocycles. The van der Waals surface area contributed by atoms with E-state index in [0.717, 1.165) is 110 Å². The summed E-state index contributed by atoms with van der Waals surface area (Å²) in [6.45, 7) is 4.27. The molecule has 0 unspecified atom stereocenters. The molecule has 0 amide bonds. The van der Waals surface area contributed by atoms with Crippen molar-refractivity contribution in [1.82, 2.24) is 13.7 Å². The van der Waals surface area contributed by atoms with Crippen LogP contribution < -0.4 is 0 Å². The lowest BCUT2D eigenvalue weighted by atomic mass is 9.90. The molecule has 0 bridgehead atoms. The first-order valence-corrected chi connectivity index (χ1v) is 23.3. The van der Waals surface area contributed by atoms with Gasteiger partial charge in [0.15, 0.2) is 0 Å². The number of nitriles is 2. The second-order valence-corrected chi connectivity index (χ2v) is 18.0. The third kappa shape index (κ3) is 6.01. The highest BCUT2D eigenvalue weighted by molar-refractivity contribution is 6.16. The number of rotatable bonds is 6. The van der Waals surface area contributed by atoms with E-state index in [4.69, 9.17) is 0 Å². The maximum Gasteiger partial charge on any atom is 0.102 e. The van der Waals surface area contributed by atoms with Gasteiger partial charge in [-0.05, 0) is 102 Å². The molecule has 0 fully saturated rings.